The zero-order valence-electron chi connectivity index (χ0n) is 15.1. The molecule has 0 aromatic heterocycles. The lowest BCUT2D eigenvalue weighted by molar-refractivity contribution is -0.119. The third-order valence-corrected chi connectivity index (χ3v) is 4.36. The standard InChI is InChI=1S/C20H21FN4O2/c1-15-2-8-18(9-3-15)22-20(25-12-10-24(14-26)11-13-25)23-19(27)16-4-6-17(21)7-5-16/h2-9,14H,10-13H2,1H3,(H,22,23,27). The molecule has 1 saturated heterocycles. The first kappa shape index (κ1) is 18.6. The summed E-state index contributed by atoms with van der Waals surface area (Å²) >= 11 is 0. The Labute approximate surface area is 157 Å². The van der Waals surface area contributed by atoms with Gasteiger partial charge < -0.3 is 9.80 Å². The number of amides is 2. The Bertz CT molecular complexity index is 826. The van der Waals surface area contributed by atoms with Crippen molar-refractivity contribution in [2.45, 2.75) is 6.92 Å². The van der Waals surface area contributed by atoms with Crippen molar-refractivity contribution in [2.75, 3.05) is 26.2 Å². The minimum Gasteiger partial charge on any atom is -0.342 e. The lowest BCUT2D eigenvalue weighted by atomic mass is 10.2. The molecule has 140 valence electrons. The Morgan fingerprint density at radius 1 is 1.04 bits per heavy atom. The van der Waals surface area contributed by atoms with Gasteiger partial charge in [0.1, 0.15) is 5.82 Å². The van der Waals surface area contributed by atoms with Gasteiger partial charge in [-0.3, -0.25) is 14.9 Å². The fourth-order valence-electron chi connectivity index (χ4n) is 2.73. The van der Waals surface area contributed by atoms with Gasteiger partial charge in [0.25, 0.3) is 5.91 Å². The van der Waals surface area contributed by atoms with Gasteiger partial charge in [-0.05, 0) is 43.3 Å². The lowest BCUT2D eigenvalue weighted by Gasteiger charge is -2.34. The summed E-state index contributed by atoms with van der Waals surface area (Å²) < 4.78 is 13.1. The fraction of sp³-hybridized carbons (Fsp3) is 0.250. The predicted molar refractivity (Wildman–Crippen MR) is 101 cm³/mol. The van der Waals surface area contributed by atoms with E-state index in [2.05, 4.69) is 10.3 Å². The quantitative estimate of drug-likeness (QED) is 0.514. The average molecular weight is 368 g/mol. The number of halogens is 1. The molecule has 1 heterocycles. The summed E-state index contributed by atoms with van der Waals surface area (Å²) in [6.45, 7) is 4.23. The predicted octanol–water partition coefficient (Wildman–Crippen LogP) is 2.33. The van der Waals surface area contributed by atoms with Crippen LogP contribution in [0.1, 0.15) is 15.9 Å². The summed E-state index contributed by atoms with van der Waals surface area (Å²) in [4.78, 5) is 31.7. The van der Waals surface area contributed by atoms with E-state index in [0.29, 0.717) is 43.4 Å². The molecule has 1 fully saturated rings. The van der Waals surface area contributed by atoms with Crippen molar-refractivity contribution < 1.29 is 14.0 Å². The van der Waals surface area contributed by atoms with E-state index in [4.69, 9.17) is 0 Å². The van der Waals surface area contributed by atoms with Crippen LogP contribution in [-0.4, -0.2) is 54.3 Å². The summed E-state index contributed by atoms with van der Waals surface area (Å²) in [6.07, 6.45) is 0.825. The number of aliphatic imine (C=N–C) groups is 1. The van der Waals surface area contributed by atoms with Crippen LogP contribution in [0, 0.1) is 12.7 Å². The number of guanidine groups is 1. The van der Waals surface area contributed by atoms with Crippen LogP contribution in [0.15, 0.2) is 53.5 Å². The number of nitrogens with zero attached hydrogens (tertiary/aromatic N) is 3. The second-order valence-corrected chi connectivity index (χ2v) is 6.36. The highest BCUT2D eigenvalue weighted by atomic mass is 19.1. The normalized spacial score (nSPS) is 14.8. The summed E-state index contributed by atoms with van der Waals surface area (Å²) in [6, 6.07) is 13.0. The van der Waals surface area contributed by atoms with E-state index in [9.17, 15) is 14.0 Å². The van der Waals surface area contributed by atoms with Crippen LogP contribution in [0.25, 0.3) is 0 Å². The van der Waals surface area contributed by atoms with Crippen LogP contribution in [0.5, 0.6) is 0 Å². The third kappa shape index (κ3) is 4.91. The first-order valence-corrected chi connectivity index (χ1v) is 8.72. The number of rotatable bonds is 3. The molecule has 1 N–H and O–H groups in total. The van der Waals surface area contributed by atoms with Gasteiger partial charge in [0, 0.05) is 31.7 Å². The van der Waals surface area contributed by atoms with Crippen molar-refractivity contribution in [1.29, 1.82) is 0 Å². The van der Waals surface area contributed by atoms with E-state index in [0.717, 1.165) is 12.0 Å². The maximum Gasteiger partial charge on any atom is 0.257 e. The molecule has 6 nitrogen and oxygen atoms in total. The molecule has 0 saturated carbocycles. The molecule has 0 radical (unpaired) electrons. The molecule has 0 aliphatic carbocycles. The SMILES string of the molecule is Cc1ccc(N=C(NC(=O)c2ccc(F)cc2)N2CCN(C=O)CC2)cc1. The van der Waals surface area contributed by atoms with Crippen LogP contribution >= 0.6 is 0 Å². The van der Waals surface area contributed by atoms with Crippen molar-refractivity contribution in [1.82, 2.24) is 15.1 Å². The molecule has 27 heavy (non-hydrogen) atoms. The molecule has 2 amide bonds. The highest BCUT2D eigenvalue weighted by molar-refractivity contribution is 6.06. The third-order valence-electron chi connectivity index (χ3n) is 4.36. The van der Waals surface area contributed by atoms with E-state index in [1.54, 1.807) is 4.90 Å². The van der Waals surface area contributed by atoms with Crippen LogP contribution in [0.2, 0.25) is 0 Å². The smallest absolute Gasteiger partial charge is 0.257 e. The Morgan fingerprint density at radius 2 is 1.67 bits per heavy atom. The van der Waals surface area contributed by atoms with E-state index < -0.39 is 5.82 Å². The number of hydrogen-bond acceptors (Lipinski definition) is 3. The van der Waals surface area contributed by atoms with Gasteiger partial charge >= 0.3 is 0 Å². The van der Waals surface area contributed by atoms with Gasteiger partial charge in [0.2, 0.25) is 12.4 Å². The van der Waals surface area contributed by atoms with Gasteiger partial charge in [-0.15, -0.1) is 0 Å². The zero-order valence-corrected chi connectivity index (χ0v) is 15.1. The zero-order chi connectivity index (χ0) is 19.2. The lowest BCUT2D eigenvalue weighted by Crippen LogP contribution is -2.53. The highest BCUT2D eigenvalue weighted by Crippen LogP contribution is 2.14. The van der Waals surface area contributed by atoms with Crippen molar-refractivity contribution in [2.24, 2.45) is 4.99 Å². The molecule has 2 aromatic rings. The molecule has 1 aliphatic rings. The number of carbonyl (C=O) groups excluding carboxylic acids is 2. The second kappa shape index (κ2) is 8.44. The van der Waals surface area contributed by atoms with Crippen LogP contribution in [0.4, 0.5) is 10.1 Å². The van der Waals surface area contributed by atoms with Gasteiger partial charge in [0.05, 0.1) is 5.69 Å². The molecule has 1 aliphatic heterocycles. The van der Waals surface area contributed by atoms with Crippen molar-refractivity contribution in [3.63, 3.8) is 0 Å². The minimum atomic E-state index is -0.398. The Kier molecular flexibility index (Phi) is 5.80. The Morgan fingerprint density at radius 3 is 2.26 bits per heavy atom. The molecular formula is C20H21FN4O2. The van der Waals surface area contributed by atoms with E-state index in [1.807, 2.05) is 36.1 Å². The molecule has 0 unspecified atom stereocenters. The maximum absolute atomic E-state index is 13.1. The molecule has 2 aromatic carbocycles. The largest absolute Gasteiger partial charge is 0.342 e. The maximum atomic E-state index is 13.1. The highest BCUT2D eigenvalue weighted by Gasteiger charge is 2.21. The molecular weight excluding hydrogens is 347 g/mol. The summed E-state index contributed by atoms with van der Waals surface area (Å²) in [5, 5.41) is 2.83. The van der Waals surface area contributed by atoms with Crippen molar-refractivity contribution in [3.8, 4) is 0 Å². The monoisotopic (exact) mass is 368 g/mol. The van der Waals surface area contributed by atoms with Gasteiger partial charge in [-0.1, -0.05) is 17.7 Å². The number of carbonyl (C=O) groups is 2. The molecule has 0 spiro atoms. The number of nitrogens with one attached hydrogen (secondary N) is 1. The fourth-order valence-corrected chi connectivity index (χ4v) is 2.73. The first-order chi connectivity index (χ1) is 13.0. The van der Waals surface area contributed by atoms with Crippen LogP contribution < -0.4 is 5.32 Å². The van der Waals surface area contributed by atoms with E-state index in [-0.39, 0.29) is 5.91 Å². The van der Waals surface area contributed by atoms with Crippen molar-refractivity contribution >= 4 is 24.0 Å². The van der Waals surface area contributed by atoms with Gasteiger partial charge in [-0.2, -0.15) is 0 Å². The molecule has 0 atom stereocenters. The van der Waals surface area contributed by atoms with Gasteiger partial charge in [-0.25, -0.2) is 9.38 Å². The van der Waals surface area contributed by atoms with E-state index >= 15 is 0 Å². The average Bonchev–Trinajstić information content (AvgIpc) is 2.69. The minimum absolute atomic E-state index is 0.347. The summed E-state index contributed by atoms with van der Waals surface area (Å²) in [7, 11) is 0. The molecule has 0 bridgehead atoms. The number of benzene rings is 2. The summed E-state index contributed by atoms with van der Waals surface area (Å²) in [5.74, 6) is -0.345. The summed E-state index contributed by atoms with van der Waals surface area (Å²) in [5.41, 5.74) is 2.18. The number of aryl methyl sites for hydroxylation is 1. The first-order valence-electron chi connectivity index (χ1n) is 8.72. The van der Waals surface area contributed by atoms with E-state index in [1.165, 1.54) is 24.3 Å². The van der Waals surface area contributed by atoms with Crippen molar-refractivity contribution in [3.05, 3.63) is 65.5 Å². The Balaban J connectivity index is 1.82. The topological polar surface area (TPSA) is 65.0 Å². The number of piperazine rings is 1. The second-order valence-electron chi connectivity index (χ2n) is 6.36. The van der Waals surface area contributed by atoms with Crippen LogP contribution in [-0.2, 0) is 4.79 Å². The van der Waals surface area contributed by atoms with Gasteiger partial charge in [0.15, 0.2) is 0 Å². The molecule has 7 heteroatoms. The molecule has 3 rings (SSSR count). The number of hydrogen-bond donors (Lipinski definition) is 1. The Hall–Kier alpha value is -3.22. The van der Waals surface area contributed by atoms with Crippen LogP contribution in [0.3, 0.4) is 0 Å².